The zero-order valence-electron chi connectivity index (χ0n) is 10.3. The Labute approximate surface area is 128 Å². The molecule has 2 aromatic rings. The van der Waals surface area contributed by atoms with E-state index in [1.807, 2.05) is 12.1 Å². The van der Waals surface area contributed by atoms with Crippen LogP contribution >= 0.6 is 22.6 Å². The minimum Gasteiger partial charge on any atom is -0.374 e. The molecule has 2 rings (SSSR count). The van der Waals surface area contributed by atoms with Crippen molar-refractivity contribution in [2.75, 3.05) is 17.2 Å². The van der Waals surface area contributed by atoms with Crippen molar-refractivity contribution in [3.63, 3.8) is 0 Å². The van der Waals surface area contributed by atoms with Gasteiger partial charge in [0.1, 0.15) is 11.6 Å². The summed E-state index contributed by atoms with van der Waals surface area (Å²) in [7, 11) is 0. The lowest BCUT2D eigenvalue weighted by Gasteiger charge is -2.09. The molecule has 0 fully saturated rings. The number of hydrogen-bond donors (Lipinski definition) is 2. The van der Waals surface area contributed by atoms with Gasteiger partial charge in [0.25, 0.3) is 0 Å². The van der Waals surface area contributed by atoms with E-state index < -0.39 is 11.6 Å². The summed E-state index contributed by atoms with van der Waals surface area (Å²) in [6, 6.07) is 10.3. The largest absolute Gasteiger partial charge is 0.374 e. The van der Waals surface area contributed by atoms with Crippen LogP contribution in [0.25, 0.3) is 0 Å². The van der Waals surface area contributed by atoms with Crippen molar-refractivity contribution in [1.29, 1.82) is 0 Å². The maximum Gasteiger partial charge on any atom is 0.243 e. The minimum atomic E-state index is -0.603. The summed E-state index contributed by atoms with van der Waals surface area (Å²) in [5, 5.41) is 5.22. The average molecular weight is 388 g/mol. The molecule has 0 aliphatic rings. The van der Waals surface area contributed by atoms with Gasteiger partial charge in [0.2, 0.25) is 5.91 Å². The second-order valence-electron chi connectivity index (χ2n) is 4.04. The smallest absolute Gasteiger partial charge is 0.243 e. The van der Waals surface area contributed by atoms with Crippen LogP contribution in [-0.2, 0) is 4.79 Å². The first-order chi connectivity index (χ1) is 9.54. The van der Waals surface area contributed by atoms with E-state index in [9.17, 15) is 13.6 Å². The van der Waals surface area contributed by atoms with Gasteiger partial charge in [0.05, 0.1) is 12.2 Å². The van der Waals surface area contributed by atoms with E-state index >= 15 is 0 Å². The van der Waals surface area contributed by atoms with Gasteiger partial charge < -0.3 is 10.6 Å². The van der Waals surface area contributed by atoms with E-state index in [0.717, 1.165) is 21.8 Å². The van der Waals surface area contributed by atoms with Gasteiger partial charge in [-0.05, 0) is 59.0 Å². The normalized spacial score (nSPS) is 10.2. The Hall–Kier alpha value is -1.70. The van der Waals surface area contributed by atoms with Crippen LogP contribution in [0.3, 0.4) is 0 Å². The molecule has 0 aliphatic carbocycles. The monoisotopic (exact) mass is 388 g/mol. The average Bonchev–Trinajstić information content (AvgIpc) is 2.40. The van der Waals surface area contributed by atoms with Crippen molar-refractivity contribution in [2.45, 2.75) is 0 Å². The lowest BCUT2D eigenvalue weighted by molar-refractivity contribution is -0.114. The van der Waals surface area contributed by atoms with Crippen LogP contribution in [0.15, 0.2) is 42.5 Å². The van der Waals surface area contributed by atoms with Crippen molar-refractivity contribution in [3.05, 3.63) is 57.7 Å². The molecular weight excluding hydrogens is 377 g/mol. The summed E-state index contributed by atoms with van der Waals surface area (Å²) in [5.74, 6) is -1.50. The highest BCUT2D eigenvalue weighted by Crippen LogP contribution is 2.15. The fraction of sp³-hybridized carbons (Fsp3) is 0.0714. The van der Waals surface area contributed by atoms with Crippen molar-refractivity contribution in [1.82, 2.24) is 0 Å². The molecule has 2 aromatic carbocycles. The first kappa shape index (κ1) is 14.7. The van der Waals surface area contributed by atoms with Gasteiger partial charge in [-0.15, -0.1) is 0 Å². The second-order valence-corrected chi connectivity index (χ2v) is 5.28. The third-order valence-electron chi connectivity index (χ3n) is 2.48. The Morgan fingerprint density at radius 2 is 1.95 bits per heavy atom. The number of amides is 1. The molecule has 0 saturated carbocycles. The van der Waals surface area contributed by atoms with Gasteiger partial charge in [-0.1, -0.05) is 6.07 Å². The molecule has 6 heteroatoms. The van der Waals surface area contributed by atoms with Crippen LogP contribution in [0.1, 0.15) is 0 Å². The summed E-state index contributed by atoms with van der Waals surface area (Å²) >= 11 is 2.13. The van der Waals surface area contributed by atoms with Crippen molar-refractivity contribution >= 4 is 39.9 Å². The number of carbonyl (C=O) groups is 1. The maximum absolute atomic E-state index is 13.3. The summed E-state index contributed by atoms with van der Waals surface area (Å²) in [6.45, 7) is -0.147. The van der Waals surface area contributed by atoms with Gasteiger partial charge >= 0.3 is 0 Å². The van der Waals surface area contributed by atoms with Crippen molar-refractivity contribution in [2.24, 2.45) is 0 Å². The maximum atomic E-state index is 13.3. The first-order valence-electron chi connectivity index (χ1n) is 5.79. The number of halogens is 3. The second kappa shape index (κ2) is 6.65. The quantitative estimate of drug-likeness (QED) is 0.786. The number of benzene rings is 2. The van der Waals surface area contributed by atoms with Gasteiger partial charge in [0.15, 0.2) is 0 Å². The number of carbonyl (C=O) groups excluding carboxylic acids is 1. The van der Waals surface area contributed by atoms with Crippen molar-refractivity contribution in [3.8, 4) is 0 Å². The van der Waals surface area contributed by atoms with Crippen LogP contribution in [0.5, 0.6) is 0 Å². The molecule has 0 aromatic heterocycles. The van der Waals surface area contributed by atoms with E-state index in [1.54, 1.807) is 12.1 Å². The van der Waals surface area contributed by atoms with E-state index in [-0.39, 0.29) is 18.1 Å². The van der Waals surface area contributed by atoms with Crippen LogP contribution in [0, 0.1) is 15.2 Å². The van der Waals surface area contributed by atoms with E-state index in [2.05, 4.69) is 33.2 Å². The highest BCUT2D eigenvalue weighted by Gasteiger charge is 2.06. The molecule has 0 saturated heterocycles. The third kappa shape index (κ3) is 4.16. The summed E-state index contributed by atoms with van der Waals surface area (Å²) in [5.41, 5.74) is 0.617. The Kier molecular flexibility index (Phi) is 4.89. The third-order valence-corrected chi connectivity index (χ3v) is 3.15. The topological polar surface area (TPSA) is 41.1 Å². The molecule has 2 N–H and O–H groups in total. The lowest BCUT2D eigenvalue weighted by Crippen LogP contribution is -2.22. The molecule has 104 valence electrons. The van der Waals surface area contributed by atoms with Gasteiger partial charge in [0, 0.05) is 9.26 Å². The summed E-state index contributed by atoms with van der Waals surface area (Å²) in [6.07, 6.45) is 0. The minimum absolute atomic E-state index is 0.0391. The molecule has 0 bridgehead atoms. The van der Waals surface area contributed by atoms with Gasteiger partial charge in [-0.25, -0.2) is 8.78 Å². The molecular formula is C14H11F2IN2O. The Morgan fingerprint density at radius 1 is 1.15 bits per heavy atom. The fourth-order valence-electron chi connectivity index (χ4n) is 1.58. The molecule has 20 heavy (non-hydrogen) atoms. The lowest BCUT2D eigenvalue weighted by atomic mass is 10.3. The predicted octanol–water partition coefficient (Wildman–Crippen LogP) is 3.62. The Bertz CT molecular complexity index is 634. The van der Waals surface area contributed by atoms with Crippen LogP contribution in [0.4, 0.5) is 20.2 Å². The Morgan fingerprint density at radius 3 is 2.70 bits per heavy atom. The van der Waals surface area contributed by atoms with E-state index in [4.69, 9.17) is 0 Å². The SMILES string of the molecule is O=C(CNc1cc(F)ccc1F)Nc1cccc(I)c1. The molecule has 0 radical (unpaired) electrons. The number of rotatable bonds is 4. The Balaban J connectivity index is 1.94. The zero-order valence-corrected chi connectivity index (χ0v) is 12.4. The predicted molar refractivity (Wildman–Crippen MR) is 82.6 cm³/mol. The molecule has 0 spiro atoms. The number of nitrogens with one attached hydrogen (secondary N) is 2. The van der Waals surface area contributed by atoms with Crippen molar-refractivity contribution < 1.29 is 13.6 Å². The zero-order chi connectivity index (χ0) is 14.5. The highest BCUT2D eigenvalue weighted by atomic mass is 127. The molecule has 0 unspecified atom stereocenters. The van der Waals surface area contributed by atoms with Crippen LogP contribution in [0.2, 0.25) is 0 Å². The van der Waals surface area contributed by atoms with Crippen LogP contribution < -0.4 is 10.6 Å². The van der Waals surface area contributed by atoms with E-state index in [1.165, 1.54) is 0 Å². The highest BCUT2D eigenvalue weighted by molar-refractivity contribution is 14.1. The molecule has 1 amide bonds. The van der Waals surface area contributed by atoms with Gasteiger partial charge in [-0.2, -0.15) is 0 Å². The van der Waals surface area contributed by atoms with E-state index in [0.29, 0.717) is 5.69 Å². The molecule has 3 nitrogen and oxygen atoms in total. The first-order valence-corrected chi connectivity index (χ1v) is 6.87. The van der Waals surface area contributed by atoms with Gasteiger partial charge in [-0.3, -0.25) is 4.79 Å². The number of hydrogen-bond acceptors (Lipinski definition) is 2. The standard InChI is InChI=1S/C14H11F2IN2O/c15-9-4-5-12(16)13(6-9)18-8-14(20)19-11-3-1-2-10(17)7-11/h1-7,18H,8H2,(H,19,20). The summed E-state index contributed by atoms with van der Waals surface area (Å²) < 4.78 is 27.3. The summed E-state index contributed by atoms with van der Waals surface area (Å²) in [4.78, 5) is 11.7. The molecule has 0 heterocycles. The van der Waals surface area contributed by atoms with Crippen LogP contribution in [-0.4, -0.2) is 12.5 Å². The number of anilines is 2. The molecule has 0 aliphatic heterocycles. The fourth-order valence-corrected chi connectivity index (χ4v) is 2.12. The molecule has 0 atom stereocenters.